The number of rotatable bonds is 5. The van der Waals surface area contributed by atoms with E-state index in [1.54, 1.807) is 6.20 Å². The minimum absolute atomic E-state index is 0.0157. The fourth-order valence-corrected chi connectivity index (χ4v) is 2.46. The van der Waals surface area contributed by atoms with E-state index in [1.165, 1.54) is 0 Å². The van der Waals surface area contributed by atoms with Gasteiger partial charge in [-0.3, -0.25) is 14.7 Å². The molecule has 0 aliphatic rings. The Balaban J connectivity index is 2.82. The number of pyridine rings is 1. The third kappa shape index (κ3) is 4.73. The summed E-state index contributed by atoms with van der Waals surface area (Å²) < 4.78 is 1.77. The van der Waals surface area contributed by atoms with Gasteiger partial charge in [-0.15, -0.1) is 0 Å². The molecule has 1 aromatic heterocycles. The van der Waals surface area contributed by atoms with Gasteiger partial charge in [-0.05, 0) is 51.8 Å². The number of nitrogens with zero attached hydrogens (tertiary/aromatic N) is 2. The van der Waals surface area contributed by atoms with E-state index in [1.807, 2.05) is 24.8 Å². The summed E-state index contributed by atoms with van der Waals surface area (Å²) in [6, 6.07) is 2.06. The highest BCUT2D eigenvalue weighted by atomic mass is 79.9. The standard InChI is InChI=1S/C11H14Br2N2O2/c1-7(2)15(6-11(16)17)5-10-9(13)3-8(12)4-14-10/h3-4,7H,5-6H2,1-2H3,(H,16,17). The lowest BCUT2D eigenvalue weighted by atomic mass is 10.2. The van der Waals surface area contributed by atoms with E-state index >= 15 is 0 Å². The molecule has 0 spiro atoms. The zero-order valence-corrected chi connectivity index (χ0v) is 12.8. The van der Waals surface area contributed by atoms with Gasteiger partial charge >= 0.3 is 5.97 Å². The van der Waals surface area contributed by atoms with Crippen molar-refractivity contribution in [2.24, 2.45) is 0 Å². The van der Waals surface area contributed by atoms with E-state index in [0.717, 1.165) is 14.6 Å². The predicted octanol–water partition coefficient (Wildman–Crippen LogP) is 2.90. The summed E-state index contributed by atoms with van der Waals surface area (Å²) >= 11 is 6.76. The Bertz CT molecular complexity index is 410. The van der Waals surface area contributed by atoms with Crippen LogP contribution in [0.5, 0.6) is 0 Å². The molecule has 0 aliphatic heterocycles. The van der Waals surface area contributed by atoms with Gasteiger partial charge in [-0.2, -0.15) is 0 Å². The number of carboxylic acid groups (broad SMARTS) is 1. The van der Waals surface area contributed by atoms with Crippen molar-refractivity contribution in [1.29, 1.82) is 0 Å². The molecule has 1 aromatic rings. The fourth-order valence-electron chi connectivity index (χ4n) is 1.35. The number of aliphatic carboxylic acids is 1. The maximum absolute atomic E-state index is 10.8. The highest BCUT2D eigenvalue weighted by molar-refractivity contribution is 9.11. The molecule has 17 heavy (non-hydrogen) atoms. The van der Waals surface area contributed by atoms with Crippen molar-refractivity contribution < 1.29 is 9.90 Å². The van der Waals surface area contributed by atoms with Gasteiger partial charge in [0.2, 0.25) is 0 Å². The minimum Gasteiger partial charge on any atom is -0.480 e. The van der Waals surface area contributed by atoms with Crippen molar-refractivity contribution in [3.63, 3.8) is 0 Å². The molecule has 1 N–H and O–H groups in total. The van der Waals surface area contributed by atoms with Crippen molar-refractivity contribution in [3.8, 4) is 0 Å². The van der Waals surface area contributed by atoms with Crippen LogP contribution in [-0.2, 0) is 11.3 Å². The smallest absolute Gasteiger partial charge is 0.317 e. The Morgan fingerprint density at radius 3 is 2.65 bits per heavy atom. The van der Waals surface area contributed by atoms with Crippen molar-refractivity contribution >= 4 is 37.8 Å². The van der Waals surface area contributed by atoms with Crippen LogP contribution in [0.3, 0.4) is 0 Å². The SMILES string of the molecule is CC(C)N(CC(=O)O)Cc1ncc(Br)cc1Br. The van der Waals surface area contributed by atoms with Crippen LogP contribution in [-0.4, -0.2) is 33.5 Å². The second-order valence-corrected chi connectivity index (χ2v) is 5.74. The van der Waals surface area contributed by atoms with E-state index in [0.29, 0.717) is 6.54 Å². The number of carbonyl (C=O) groups is 1. The Kier molecular flexibility index (Phi) is 5.55. The molecular formula is C11H14Br2N2O2. The number of hydrogen-bond donors (Lipinski definition) is 1. The Hall–Kier alpha value is -0.460. The first-order valence-corrected chi connectivity index (χ1v) is 6.74. The summed E-state index contributed by atoms with van der Waals surface area (Å²) in [5, 5.41) is 8.84. The van der Waals surface area contributed by atoms with E-state index in [-0.39, 0.29) is 12.6 Å². The first-order chi connectivity index (χ1) is 7.90. The van der Waals surface area contributed by atoms with Crippen LogP contribution in [0.1, 0.15) is 19.5 Å². The van der Waals surface area contributed by atoms with E-state index in [2.05, 4.69) is 36.8 Å². The summed E-state index contributed by atoms with van der Waals surface area (Å²) in [6.07, 6.45) is 1.71. The van der Waals surface area contributed by atoms with Crippen molar-refractivity contribution in [2.75, 3.05) is 6.54 Å². The van der Waals surface area contributed by atoms with Gasteiger partial charge in [-0.25, -0.2) is 0 Å². The highest BCUT2D eigenvalue weighted by Crippen LogP contribution is 2.21. The van der Waals surface area contributed by atoms with Crippen LogP contribution < -0.4 is 0 Å². The first kappa shape index (κ1) is 14.6. The quantitative estimate of drug-likeness (QED) is 0.871. The molecule has 0 unspecified atom stereocenters. The molecule has 0 radical (unpaired) electrons. The second-order valence-electron chi connectivity index (χ2n) is 3.97. The summed E-state index contributed by atoms with van der Waals surface area (Å²) in [5.74, 6) is -0.827. The van der Waals surface area contributed by atoms with E-state index in [9.17, 15) is 4.79 Å². The Morgan fingerprint density at radius 1 is 1.53 bits per heavy atom. The molecule has 0 amide bonds. The molecule has 6 heteroatoms. The monoisotopic (exact) mass is 364 g/mol. The molecule has 0 atom stereocenters. The fraction of sp³-hybridized carbons (Fsp3) is 0.455. The topological polar surface area (TPSA) is 53.4 Å². The van der Waals surface area contributed by atoms with Crippen molar-refractivity contribution in [1.82, 2.24) is 9.88 Å². The average molecular weight is 366 g/mol. The lowest BCUT2D eigenvalue weighted by Crippen LogP contribution is -2.35. The molecule has 0 aliphatic carbocycles. The van der Waals surface area contributed by atoms with Gasteiger partial charge < -0.3 is 5.11 Å². The third-order valence-corrected chi connectivity index (χ3v) is 3.43. The van der Waals surface area contributed by atoms with E-state index < -0.39 is 5.97 Å². The van der Waals surface area contributed by atoms with Crippen molar-refractivity contribution in [3.05, 3.63) is 26.9 Å². The number of aromatic nitrogens is 1. The summed E-state index contributed by atoms with van der Waals surface area (Å²) in [6.45, 7) is 4.46. The Labute approximate surface area is 117 Å². The molecule has 0 bridgehead atoms. The lowest BCUT2D eigenvalue weighted by Gasteiger charge is -2.24. The number of halogens is 2. The van der Waals surface area contributed by atoms with Crippen LogP contribution in [0.15, 0.2) is 21.2 Å². The minimum atomic E-state index is -0.827. The lowest BCUT2D eigenvalue weighted by molar-refractivity contribution is -0.139. The Morgan fingerprint density at radius 2 is 2.18 bits per heavy atom. The van der Waals surface area contributed by atoms with Gasteiger partial charge in [-0.1, -0.05) is 0 Å². The largest absolute Gasteiger partial charge is 0.480 e. The van der Waals surface area contributed by atoms with Gasteiger partial charge in [0.1, 0.15) is 0 Å². The van der Waals surface area contributed by atoms with Crippen LogP contribution >= 0.6 is 31.9 Å². The predicted molar refractivity (Wildman–Crippen MR) is 72.8 cm³/mol. The van der Waals surface area contributed by atoms with Crippen LogP contribution in [0, 0.1) is 0 Å². The normalized spacial score (nSPS) is 11.2. The molecule has 0 fully saturated rings. The van der Waals surface area contributed by atoms with Crippen LogP contribution in [0.4, 0.5) is 0 Å². The molecule has 1 rings (SSSR count). The summed E-state index contributed by atoms with van der Waals surface area (Å²) in [4.78, 5) is 16.9. The molecular weight excluding hydrogens is 352 g/mol. The van der Waals surface area contributed by atoms with Gasteiger partial charge in [0.05, 0.1) is 12.2 Å². The summed E-state index contributed by atoms with van der Waals surface area (Å²) in [7, 11) is 0. The van der Waals surface area contributed by atoms with Gasteiger partial charge in [0.25, 0.3) is 0 Å². The van der Waals surface area contributed by atoms with E-state index in [4.69, 9.17) is 5.11 Å². The molecule has 1 heterocycles. The van der Waals surface area contributed by atoms with Gasteiger partial charge in [0.15, 0.2) is 0 Å². The molecule has 4 nitrogen and oxygen atoms in total. The third-order valence-electron chi connectivity index (χ3n) is 2.31. The highest BCUT2D eigenvalue weighted by Gasteiger charge is 2.15. The number of hydrogen-bond acceptors (Lipinski definition) is 3. The molecule has 0 aromatic carbocycles. The second kappa shape index (κ2) is 6.47. The van der Waals surface area contributed by atoms with Crippen LogP contribution in [0.2, 0.25) is 0 Å². The first-order valence-electron chi connectivity index (χ1n) is 5.16. The molecule has 94 valence electrons. The number of carboxylic acids is 1. The summed E-state index contributed by atoms with van der Waals surface area (Å²) in [5.41, 5.74) is 0.836. The zero-order valence-electron chi connectivity index (χ0n) is 9.65. The maximum atomic E-state index is 10.8. The van der Waals surface area contributed by atoms with Crippen molar-refractivity contribution in [2.45, 2.75) is 26.4 Å². The average Bonchev–Trinajstić information content (AvgIpc) is 2.19. The maximum Gasteiger partial charge on any atom is 0.317 e. The van der Waals surface area contributed by atoms with Crippen LogP contribution in [0.25, 0.3) is 0 Å². The van der Waals surface area contributed by atoms with Gasteiger partial charge in [0, 0.05) is 27.7 Å². The molecule has 0 saturated carbocycles. The molecule has 0 saturated heterocycles. The zero-order chi connectivity index (χ0) is 13.0.